The molecule has 4 nitrogen and oxygen atoms in total. The number of hydrogen-bond donors (Lipinski definition) is 2. The van der Waals surface area contributed by atoms with Crippen LogP contribution in [0.4, 0.5) is 5.69 Å². The Hall–Kier alpha value is -0.650. The maximum Gasteiger partial charge on any atom is 0.229 e. The lowest BCUT2D eigenvalue weighted by atomic mass is 10.0. The first-order chi connectivity index (χ1) is 8.08. The molecule has 2 atom stereocenters. The van der Waals surface area contributed by atoms with E-state index in [1.165, 1.54) is 0 Å². The highest BCUT2D eigenvalue weighted by Crippen LogP contribution is 2.25. The summed E-state index contributed by atoms with van der Waals surface area (Å²) >= 11 is 9.22. The Morgan fingerprint density at radius 2 is 2.47 bits per heavy atom. The van der Waals surface area contributed by atoms with Crippen molar-refractivity contribution >= 4 is 39.1 Å². The Morgan fingerprint density at radius 3 is 3.12 bits per heavy atom. The van der Waals surface area contributed by atoms with Crippen LogP contribution in [-0.4, -0.2) is 23.5 Å². The van der Waals surface area contributed by atoms with Crippen molar-refractivity contribution in [1.82, 2.24) is 10.3 Å². The van der Waals surface area contributed by atoms with Crippen LogP contribution in [0.15, 0.2) is 16.7 Å². The molecule has 17 heavy (non-hydrogen) atoms. The van der Waals surface area contributed by atoms with E-state index in [0.717, 1.165) is 17.4 Å². The van der Waals surface area contributed by atoms with Gasteiger partial charge < -0.3 is 10.6 Å². The molecule has 0 aromatic carbocycles. The van der Waals surface area contributed by atoms with Gasteiger partial charge in [-0.25, -0.2) is 4.98 Å². The van der Waals surface area contributed by atoms with Crippen molar-refractivity contribution in [2.24, 2.45) is 5.92 Å². The SMILES string of the molecule is CC1NCCC1C(=O)Nc1cc(Br)cnc1Cl. The minimum atomic E-state index is -0.00991. The predicted molar refractivity (Wildman–Crippen MR) is 71.1 cm³/mol. The quantitative estimate of drug-likeness (QED) is 0.824. The molecule has 1 amide bonds. The highest BCUT2D eigenvalue weighted by Gasteiger charge is 2.29. The standard InChI is InChI=1S/C11H13BrClN3O/c1-6-8(2-3-14-6)11(17)16-9-4-7(12)5-15-10(9)13/h4-6,8,14H,2-3H2,1H3,(H,16,17). The van der Waals surface area contributed by atoms with Crippen molar-refractivity contribution in [3.05, 3.63) is 21.9 Å². The lowest BCUT2D eigenvalue weighted by molar-refractivity contribution is -0.120. The summed E-state index contributed by atoms with van der Waals surface area (Å²) < 4.78 is 0.787. The van der Waals surface area contributed by atoms with E-state index in [0.29, 0.717) is 10.8 Å². The van der Waals surface area contributed by atoms with E-state index in [1.54, 1.807) is 12.3 Å². The third kappa shape index (κ3) is 2.97. The largest absolute Gasteiger partial charge is 0.323 e. The van der Waals surface area contributed by atoms with E-state index in [9.17, 15) is 4.79 Å². The first-order valence-electron chi connectivity index (χ1n) is 5.43. The molecule has 1 saturated heterocycles. The van der Waals surface area contributed by atoms with Gasteiger partial charge in [0.25, 0.3) is 0 Å². The summed E-state index contributed by atoms with van der Waals surface area (Å²) in [7, 11) is 0. The van der Waals surface area contributed by atoms with E-state index in [2.05, 4.69) is 31.5 Å². The maximum absolute atomic E-state index is 12.0. The number of halogens is 2. The van der Waals surface area contributed by atoms with Gasteiger partial charge in [0.15, 0.2) is 5.15 Å². The average Bonchev–Trinajstić information content (AvgIpc) is 2.70. The summed E-state index contributed by atoms with van der Waals surface area (Å²) in [6.45, 7) is 2.89. The van der Waals surface area contributed by atoms with E-state index < -0.39 is 0 Å². The molecule has 0 spiro atoms. The Morgan fingerprint density at radius 1 is 1.71 bits per heavy atom. The van der Waals surface area contributed by atoms with Crippen LogP contribution in [0.2, 0.25) is 5.15 Å². The molecule has 1 aromatic rings. The normalized spacial score (nSPS) is 23.7. The van der Waals surface area contributed by atoms with Gasteiger partial charge in [-0.2, -0.15) is 0 Å². The number of amides is 1. The number of rotatable bonds is 2. The summed E-state index contributed by atoms with van der Waals surface area (Å²) in [4.78, 5) is 16.0. The summed E-state index contributed by atoms with van der Waals surface area (Å²) in [6, 6.07) is 1.95. The summed E-state index contributed by atoms with van der Waals surface area (Å²) in [5.41, 5.74) is 0.546. The first-order valence-corrected chi connectivity index (χ1v) is 6.60. The molecule has 92 valence electrons. The Kier molecular flexibility index (Phi) is 4.01. The third-order valence-electron chi connectivity index (χ3n) is 2.93. The molecule has 0 radical (unpaired) electrons. The summed E-state index contributed by atoms with van der Waals surface area (Å²) in [6.07, 6.45) is 2.45. The minimum Gasteiger partial charge on any atom is -0.323 e. The van der Waals surface area contributed by atoms with Gasteiger partial charge in [0.1, 0.15) is 0 Å². The number of aromatic nitrogens is 1. The number of carbonyl (C=O) groups excluding carboxylic acids is 1. The molecule has 0 aliphatic carbocycles. The predicted octanol–water partition coefficient (Wildman–Crippen LogP) is 2.43. The molecule has 0 saturated carbocycles. The number of anilines is 1. The van der Waals surface area contributed by atoms with Crippen molar-refractivity contribution in [3.63, 3.8) is 0 Å². The zero-order valence-corrected chi connectivity index (χ0v) is 11.7. The van der Waals surface area contributed by atoms with Gasteiger partial charge in [0.2, 0.25) is 5.91 Å². The Balaban J connectivity index is 2.10. The second-order valence-electron chi connectivity index (χ2n) is 4.12. The van der Waals surface area contributed by atoms with Crippen molar-refractivity contribution in [2.75, 3.05) is 11.9 Å². The Labute approximate surface area is 113 Å². The fourth-order valence-corrected chi connectivity index (χ4v) is 2.43. The number of carbonyl (C=O) groups is 1. The monoisotopic (exact) mass is 317 g/mol. The van der Waals surface area contributed by atoms with Crippen LogP contribution in [0.25, 0.3) is 0 Å². The van der Waals surface area contributed by atoms with Crippen LogP contribution in [0.5, 0.6) is 0 Å². The molecular formula is C11H13BrClN3O. The van der Waals surface area contributed by atoms with Gasteiger partial charge in [-0.05, 0) is 41.9 Å². The Bertz CT molecular complexity index is 441. The van der Waals surface area contributed by atoms with Gasteiger partial charge >= 0.3 is 0 Å². The summed E-state index contributed by atoms with van der Waals surface area (Å²) in [5.74, 6) is -0.0191. The third-order valence-corrected chi connectivity index (χ3v) is 3.66. The average molecular weight is 319 g/mol. The maximum atomic E-state index is 12.0. The van der Waals surface area contributed by atoms with E-state index in [-0.39, 0.29) is 17.9 Å². The van der Waals surface area contributed by atoms with Crippen LogP contribution in [0.3, 0.4) is 0 Å². The van der Waals surface area contributed by atoms with Gasteiger partial charge in [-0.15, -0.1) is 0 Å². The number of pyridine rings is 1. The second kappa shape index (κ2) is 5.33. The van der Waals surface area contributed by atoms with Crippen LogP contribution >= 0.6 is 27.5 Å². The number of nitrogens with zero attached hydrogens (tertiary/aromatic N) is 1. The zero-order valence-electron chi connectivity index (χ0n) is 9.34. The molecule has 2 unspecified atom stereocenters. The van der Waals surface area contributed by atoms with Crippen LogP contribution in [0, 0.1) is 5.92 Å². The van der Waals surface area contributed by atoms with Crippen LogP contribution < -0.4 is 10.6 Å². The van der Waals surface area contributed by atoms with Gasteiger partial charge in [0, 0.05) is 16.7 Å². The highest BCUT2D eigenvalue weighted by molar-refractivity contribution is 9.10. The van der Waals surface area contributed by atoms with Gasteiger partial charge in [0.05, 0.1) is 11.6 Å². The molecule has 1 aliphatic rings. The van der Waals surface area contributed by atoms with E-state index in [1.807, 2.05) is 6.92 Å². The van der Waals surface area contributed by atoms with Gasteiger partial charge in [-0.3, -0.25) is 4.79 Å². The molecular weight excluding hydrogens is 305 g/mol. The molecule has 2 N–H and O–H groups in total. The fourth-order valence-electron chi connectivity index (χ4n) is 1.95. The zero-order chi connectivity index (χ0) is 12.4. The van der Waals surface area contributed by atoms with Gasteiger partial charge in [-0.1, -0.05) is 11.6 Å². The van der Waals surface area contributed by atoms with Crippen molar-refractivity contribution in [3.8, 4) is 0 Å². The lowest BCUT2D eigenvalue weighted by Crippen LogP contribution is -2.32. The smallest absolute Gasteiger partial charge is 0.229 e. The van der Waals surface area contributed by atoms with E-state index >= 15 is 0 Å². The lowest BCUT2D eigenvalue weighted by Gasteiger charge is -2.15. The molecule has 0 bridgehead atoms. The number of nitrogens with one attached hydrogen (secondary N) is 2. The van der Waals surface area contributed by atoms with E-state index in [4.69, 9.17) is 11.6 Å². The topological polar surface area (TPSA) is 54.0 Å². The van der Waals surface area contributed by atoms with Crippen LogP contribution in [0.1, 0.15) is 13.3 Å². The fraction of sp³-hybridized carbons (Fsp3) is 0.455. The van der Waals surface area contributed by atoms with Crippen molar-refractivity contribution in [2.45, 2.75) is 19.4 Å². The minimum absolute atomic E-state index is 0.00921. The van der Waals surface area contributed by atoms with Crippen molar-refractivity contribution in [1.29, 1.82) is 0 Å². The molecule has 1 aromatic heterocycles. The molecule has 1 fully saturated rings. The molecule has 6 heteroatoms. The second-order valence-corrected chi connectivity index (χ2v) is 5.39. The first kappa shape index (κ1) is 12.8. The summed E-state index contributed by atoms with van der Waals surface area (Å²) in [5, 5.41) is 6.37. The highest BCUT2D eigenvalue weighted by atomic mass is 79.9. The molecule has 2 heterocycles. The molecule has 2 rings (SSSR count). The van der Waals surface area contributed by atoms with Crippen LogP contribution in [-0.2, 0) is 4.79 Å². The number of hydrogen-bond acceptors (Lipinski definition) is 3. The van der Waals surface area contributed by atoms with Crippen molar-refractivity contribution < 1.29 is 4.79 Å². The molecule has 1 aliphatic heterocycles.